The number of hydrogen-bond donors (Lipinski definition) is 2. The Balaban J connectivity index is 1.89. The molecule has 0 aliphatic rings. The molecule has 2 unspecified atom stereocenters. The molecule has 0 aliphatic heterocycles. The summed E-state index contributed by atoms with van der Waals surface area (Å²) in [6, 6.07) is 11.0. The summed E-state index contributed by atoms with van der Waals surface area (Å²) >= 11 is 1.53. The Morgan fingerprint density at radius 2 is 2.09 bits per heavy atom. The first kappa shape index (κ1) is 16.9. The summed E-state index contributed by atoms with van der Waals surface area (Å²) in [7, 11) is 1.54. The van der Waals surface area contributed by atoms with Crippen LogP contribution in [0.3, 0.4) is 0 Å². The van der Waals surface area contributed by atoms with Gasteiger partial charge in [-0.2, -0.15) is 0 Å². The second-order valence-electron chi connectivity index (χ2n) is 4.83. The fourth-order valence-electron chi connectivity index (χ4n) is 2.07. The first-order chi connectivity index (χ1) is 10.7. The molecular weight excluding hydrogens is 301 g/mol. The molecule has 3 N–H and O–H groups in total. The standard InChI is InChI=1S/C16H20FN3OS/c1-21-16(15(18)9-17)13-4-6-14(7-5-13)22-20-11-12-3-2-8-19-10-12/h2-8,10,15-16,20H,9,11,18H2,1H3. The third kappa shape index (κ3) is 4.78. The Labute approximate surface area is 134 Å². The number of benzene rings is 1. The van der Waals surface area contributed by atoms with Gasteiger partial charge in [0.2, 0.25) is 0 Å². The lowest BCUT2D eigenvalue weighted by molar-refractivity contribution is 0.0720. The van der Waals surface area contributed by atoms with E-state index in [0.29, 0.717) is 0 Å². The summed E-state index contributed by atoms with van der Waals surface area (Å²) in [6.45, 7) is 0.120. The number of nitrogens with one attached hydrogen (secondary N) is 1. The highest BCUT2D eigenvalue weighted by molar-refractivity contribution is 7.97. The van der Waals surface area contributed by atoms with Gasteiger partial charge in [0.1, 0.15) is 6.67 Å². The van der Waals surface area contributed by atoms with Crippen molar-refractivity contribution < 1.29 is 9.13 Å². The van der Waals surface area contributed by atoms with E-state index in [1.807, 2.05) is 42.6 Å². The Kier molecular flexibility index (Phi) is 6.79. The number of ether oxygens (including phenoxy) is 1. The zero-order valence-electron chi connectivity index (χ0n) is 12.4. The molecule has 0 aliphatic carbocycles. The Bertz CT molecular complexity index is 553. The van der Waals surface area contributed by atoms with Crippen LogP contribution >= 0.6 is 11.9 Å². The van der Waals surface area contributed by atoms with Gasteiger partial charge < -0.3 is 10.5 Å². The molecule has 1 heterocycles. The summed E-state index contributed by atoms with van der Waals surface area (Å²) in [5.74, 6) is 0. The smallest absolute Gasteiger partial charge is 0.107 e. The van der Waals surface area contributed by atoms with Gasteiger partial charge in [0, 0.05) is 30.9 Å². The van der Waals surface area contributed by atoms with Crippen molar-refractivity contribution in [2.24, 2.45) is 5.73 Å². The monoisotopic (exact) mass is 321 g/mol. The van der Waals surface area contributed by atoms with Crippen LogP contribution in [0.2, 0.25) is 0 Å². The molecule has 0 saturated heterocycles. The molecule has 1 aromatic carbocycles. The van der Waals surface area contributed by atoms with Gasteiger partial charge in [-0.15, -0.1) is 0 Å². The van der Waals surface area contributed by atoms with E-state index in [2.05, 4.69) is 9.71 Å². The minimum absolute atomic E-state index is 0.424. The van der Waals surface area contributed by atoms with Crippen LogP contribution in [0.15, 0.2) is 53.7 Å². The van der Waals surface area contributed by atoms with Gasteiger partial charge in [0.15, 0.2) is 0 Å². The first-order valence-electron chi connectivity index (χ1n) is 6.97. The molecule has 22 heavy (non-hydrogen) atoms. The highest BCUT2D eigenvalue weighted by Crippen LogP contribution is 2.23. The summed E-state index contributed by atoms with van der Waals surface area (Å²) < 4.78 is 21.2. The lowest BCUT2D eigenvalue weighted by Crippen LogP contribution is -2.31. The number of rotatable bonds is 8. The van der Waals surface area contributed by atoms with Gasteiger partial charge in [-0.3, -0.25) is 9.71 Å². The van der Waals surface area contributed by atoms with E-state index in [4.69, 9.17) is 10.5 Å². The SMILES string of the molecule is COC(c1ccc(SNCc2cccnc2)cc1)C(N)CF. The van der Waals surface area contributed by atoms with E-state index >= 15 is 0 Å². The molecule has 1 aromatic heterocycles. The van der Waals surface area contributed by atoms with Gasteiger partial charge in [0.25, 0.3) is 0 Å². The molecule has 0 amide bonds. The molecular formula is C16H20FN3OS. The summed E-state index contributed by atoms with van der Waals surface area (Å²) in [5, 5.41) is 0. The maximum absolute atomic E-state index is 12.7. The van der Waals surface area contributed by atoms with E-state index < -0.39 is 18.8 Å². The zero-order chi connectivity index (χ0) is 15.8. The second kappa shape index (κ2) is 8.85. The molecule has 2 aromatic rings. The number of pyridine rings is 1. The topological polar surface area (TPSA) is 60.2 Å². The average molecular weight is 321 g/mol. The molecule has 0 saturated carbocycles. The molecule has 0 radical (unpaired) electrons. The number of aromatic nitrogens is 1. The molecule has 0 fully saturated rings. The summed E-state index contributed by atoms with van der Waals surface area (Å²) in [4.78, 5) is 5.14. The van der Waals surface area contributed by atoms with Crippen LogP contribution in [0.5, 0.6) is 0 Å². The van der Waals surface area contributed by atoms with Crippen molar-refractivity contribution in [2.75, 3.05) is 13.8 Å². The molecule has 2 atom stereocenters. The van der Waals surface area contributed by atoms with Gasteiger partial charge in [-0.05, 0) is 41.3 Å². The Hall–Kier alpha value is -1.47. The van der Waals surface area contributed by atoms with E-state index in [-0.39, 0.29) is 0 Å². The molecule has 0 bridgehead atoms. The number of nitrogens with two attached hydrogens (primary N) is 1. The normalized spacial score (nSPS) is 13.8. The second-order valence-corrected chi connectivity index (χ2v) is 5.79. The zero-order valence-corrected chi connectivity index (χ0v) is 13.2. The molecule has 118 valence electrons. The van der Waals surface area contributed by atoms with Crippen molar-refractivity contribution in [1.29, 1.82) is 0 Å². The van der Waals surface area contributed by atoms with Gasteiger partial charge in [-0.1, -0.05) is 18.2 Å². The number of alkyl halides is 1. The van der Waals surface area contributed by atoms with Crippen LogP contribution in [0.25, 0.3) is 0 Å². The lowest BCUT2D eigenvalue weighted by atomic mass is 10.0. The third-order valence-electron chi connectivity index (χ3n) is 3.22. The Morgan fingerprint density at radius 3 is 2.68 bits per heavy atom. The van der Waals surface area contributed by atoms with Crippen LogP contribution in [-0.4, -0.2) is 24.8 Å². The van der Waals surface area contributed by atoms with Crippen molar-refractivity contribution in [3.63, 3.8) is 0 Å². The highest BCUT2D eigenvalue weighted by atomic mass is 32.2. The summed E-state index contributed by atoms with van der Waals surface area (Å²) in [6.07, 6.45) is 3.16. The maximum atomic E-state index is 12.7. The molecule has 4 nitrogen and oxygen atoms in total. The van der Waals surface area contributed by atoms with Gasteiger partial charge in [0.05, 0.1) is 12.1 Å². The lowest BCUT2D eigenvalue weighted by Gasteiger charge is -2.20. The van der Waals surface area contributed by atoms with Crippen molar-refractivity contribution in [1.82, 2.24) is 9.71 Å². The summed E-state index contributed by atoms with van der Waals surface area (Å²) in [5.41, 5.74) is 7.72. The predicted molar refractivity (Wildman–Crippen MR) is 87.1 cm³/mol. The highest BCUT2D eigenvalue weighted by Gasteiger charge is 2.19. The van der Waals surface area contributed by atoms with Crippen molar-refractivity contribution in [3.05, 3.63) is 59.9 Å². The fourth-order valence-corrected chi connectivity index (χ4v) is 2.75. The number of methoxy groups -OCH3 is 1. The van der Waals surface area contributed by atoms with Gasteiger partial charge >= 0.3 is 0 Å². The average Bonchev–Trinajstić information content (AvgIpc) is 2.57. The number of halogens is 1. The van der Waals surface area contributed by atoms with Crippen LogP contribution < -0.4 is 10.5 Å². The largest absolute Gasteiger partial charge is 0.375 e. The first-order valence-corrected chi connectivity index (χ1v) is 7.79. The minimum Gasteiger partial charge on any atom is -0.375 e. The van der Waals surface area contributed by atoms with E-state index in [9.17, 15) is 4.39 Å². The van der Waals surface area contributed by atoms with E-state index in [1.165, 1.54) is 19.1 Å². The van der Waals surface area contributed by atoms with E-state index in [0.717, 1.165) is 22.6 Å². The minimum atomic E-state index is -0.646. The van der Waals surface area contributed by atoms with Crippen molar-refractivity contribution >= 4 is 11.9 Å². The molecule has 0 spiro atoms. The van der Waals surface area contributed by atoms with Crippen LogP contribution in [0, 0.1) is 0 Å². The maximum Gasteiger partial charge on any atom is 0.107 e. The van der Waals surface area contributed by atoms with Crippen molar-refractivity contribution in [2.45, 2.75) is 23.6 Å². The van der Waals surface area contributed by atoms with Gasteiger partial charge in [-0.25, -0.2) is 4.39 Å². The number of nitrogens with zero attached hydrogens (tertiary/aromatic N) is 1. The Morgan fingerprint density at radius 1 is 1.32 bits per heavy atom. The van der Waals surface area contributed by atoms with Crippen molar-refractivity contribution in [3.8, 4) is 0 Å². The van der Waals surface area contributed by atoms with E-state index in [1.54, 1.807) is 6.20 Å². The quantitative estimate of drug-likeness (QED) is 0.732. The number of hydrogen-bond acceptors (Lipinski definition) is 5. The van der Waals surface area contributed by atoms with Crippen LogP contribution in [0.1, 0.15) is 17.2 Å². The van der Waals surface area contributed by atoms with Crippen LogP contribution in [-0.2, 0) is 11.3 Å². The predicted octanol–water partition coefficient (Wildman–Crippen LogP) is 2.86. The van der Waals surface area contributed by atoms with Crippen LogP contribution in [0.4, 0.5) is 4.39 Å². The molecule has 6 heteroatoms. The molecule has 2 rings (SSSR count). The third-order valence-corrected chi connectivity index (χ3v) is 4.02. The fraction of sp³-hybridized carbons (Fsp3) is 0.312.